The monoisotopic (exact) mass is 339 g/mol. The topological polar surface area (TPSA) is 64.4 Å². The van der Waals surface area contributed by atoms with Crippen molar-refractivity contribution in [3.05, 3.63) is 64.7 Å². The second-order valence-electron chi connectivity index (χ2n) is 5.54. The van der Waals surface area contributed by atoms with Crippen molar-refractivity contribution < 1.29 is 9.59 Å². The Bertz CT molecular complexity index is 825. The first kappa shape index (κ1) is 16.0. The van der Waals surface area contributed by atoms with Crippen LogP contribution in [0.25, 0.3) is 0 Å². The highest BCUT2D eigenvalue weighted by Gasteiger charge is 2.43. The molecule has 6 heteroatoms. The third-order valence-corrected chi connectivity index (χ3v) is 4.23. The molecule has 1 fully saturated rings. The minimum atomic E-state index is -0.572. The molecule has 2 aromatic carbocycles. The first-order chi connectivity index (χ1) is 11.5. The first-order valence-corrected chi connectivity index (χ1v) is 7.78. The van der Waals surface area contributed by atoms with E-state index in [0.29, 0.717) is 16.3 Å². The Morgan fingerprint density at radius 3 is 2.29 bits per heavy atom. The number of amides is 3. The van der Waals surface area contributed by atoms with Gasteiger partial charge in [0.25, 0.3) is 5.91 Å². The van der Waals surface area contributed by atoms with E-state index in [9.17, 15) is 9.59 Å². The largest absolute Gasteiger partial charge is 0.332 e. The van der Waals surface area contributed by atoms with Gasteiger partial charge in [-0.25, -0.2) is 4.79 Å². The van der Waals surface area contributed by atoms with E-state index >= 15 is 0 Å². The molecular weight excluding hydrogens is 326 g/mol. The van der Waals surface area contributed by atoms with Crippen LogP contribution in [-0.2, 0) is 11.3 Å². The van der Waals surface area contributed by atoms with Crippen molar-refractivity contribution in [1.82, 2.24) is 4.90 Å². The van der Waals surface area contributed by atoms with Gasteiger partial charge in [0.05, 0.1) is 18.2 Å². The molecule has 1 aliphatic heterocycles. The average molecular weight is 340 g/mol. The van der Waals surface area contributed by atoms with Gasteiger partial charge in [0, 0.05) is 10.7 Å². The van der Waals surface area contributed by atoms with Gasteiger partial charge >= 0.3 is 6.03 Å². The van der Waals surface area contributed by atoms with E-state index in [-0.39, 0.29) is 18.5 Å². The third kappa shape index (κ3) is 2.84. The highest BCUT2D eigenvalue weighted by Crippen LogP contribution is 2.28. The number of urea groups is 1. The maximum absolute atomic E-state index is 12.7. The molecule has 3 amide bonds. The molecule has 0 aliphatic carbocycles. The molecule has 1 saturated heterocycles. The number of carbonyl (C=O) groups is 2. The van der Waals surface area contributed by atoms with Gasteiger partial charge in [-0.05, 0) is 48.9 Å². The number of nitrogens with zero attached hydrogens (tertiary/aromatic N) is 3. The van der Waals surface area contributed by atoms with Crippen molar-refractivity contribution >= 4 is 29.2 Å². The lowest BCUT2D eigenvalue weighted by Gasteiger charge is -2.19. The SMILES string of the molecule is C[C@H]1C(=O)N(Cc2ccc(C#N)cc2)C(=O)N1c1ccc(Cl)cc1. The standard InChI is InChI=1S/C18H14ClN3O2/c1-12-17(23)21(11-14-4-2-13(10-20)3-5-14)18(24)22(12)16-8-6-15(19)7-9-16/h2-9,12H,11H2,1H3/t12-/m0/s1. The first-order valence-electron chi connectivity index (χ1n) is 7.40. The second kappa shape index (κ2) is 6.34. The number of rotatable bonds is 3. The lowest BCUT2D eigenvalue weighted by Crippen LogP contribution is -2.33. The van der Waals surface area contributed by atoms with Gasteiger partial charge in [-0.1, -0.05) is 23.7 Å². The summed E-state index contributed by atoms with van der Waals surface area (Å²) in [6.07, 6.45) is 0. The molecule has 5 nitrogen and oxygen atoms in total. The Labute approximate surface area is 144 Å². The van der Waals surface area contributed by atoms with Crippen molar-refractivity contribution in [2.24, 2.45) is 0 Å². The smallest absolute Gasteiger partial charge is 0.282 e. The van der Waals surface area contributed by atoms with Crippen molar-refractivity contribution in [3.63, 3.8) is 0 Å². The van der Waals surface area contributed by atoms with Crippen molar-refractivity contribution in [2.75, 3.05) is 4.90 Å². The molecular formula is C18H14ClN3O2. The van der Waals surface area contributed by atoms with E-state index in [2.05, 4.69) is 0 Å². The molecule has 24 heavy (non-hydrogen) atoms. The van der Waals surface area contributed by atoms with Gasteiger partial charge in [-0.2, -0.15) is 5.26 Å². The Hall–Kier alpha value is -2.84. The van der Waals surface area contributed by atoms with Crippen molar-refractivity contribution in [1.29, 1.82) is 5.26 Å². The van der Waals surface area contributed by atoms with Crippen molar-refractivity contribution in [2.45, 2.75) is 19.5 Å². The zero-order valence-electron chi connectivity index (χ0n) is 12.9. The van der Waals surface area contributed by atoms with Crippen LogP contribution in [0.4, 0.5) is 10.5 Å². The van der Waals surface area contributed by atoms with Crippen LogP contribution in [0.2, 0.25) is 5.02 Å². The molecule has 3 rings (SSSR count). The lowest BCUT2D eigenvalue weighted by molar-refractivity contribution is -0.127. The van der Waals surface area contributed by atoms with Crippen LogP contribution in [0.3, 0.4) is 0 Å². The van der Waals surface area contributed by atoms with E-state index < -0.39 is 6.04 Å². The lowest BCUT2D eigenvalue weighted by atomic mass is 10.1. The number of carbonyl (C=O) groups excluding carboxylic acids is 2. The maximum Gasteiger partial charge on any atom is 0.332 e. The summed E-state index contributed by atoms with van der Waals surface area (Å²) < 4.78 is 0. The van der Waals surface area contributed by atoms with E-state index in [1.807, 2.05) is 6.07 Å². The van der Waals surface area contributed by atoms with Crippen LogP contribution in [0.15, 0.2) is 48.5 Å². The predicted molar refractivity (Wildman–Crippen MR) is 90.5 cm³/mol. The number of imide groups is 1. The van der Waals surface area contributed by atoms with Gasteiger partial charge in [0.2, 0.25) is 0 Å². The number of halogens is 1. The zero-order valence-corrected chi connectivity index (χ0v) is 13.7. The summed E-state index contributed by atoms with van der Waals surface area (Å²) in [5.41, 5.74) is 1.96. The van der Waals surface area contributed by atoms with E-state index in [4.69, 9.17) is 16.9 Å². The summed E-state index contributed by atoms with van der Waals surface area (Å²) in [5.74, 6) is -0.251. The van der Waals surface area contributed by atoms with Crippen LogP contribution in [0.1, 0.15) is 18.1 Å². The maximum atomic E-state index is 12.7. The Morgan fingerprint density at radius 1 is 1.08 bits per heavy atom. The van der Waals surface area contributed by atoms with Crippen LogP contribution in [0.5, 0.6) is 0 Å². The van der Waals surface area contributed by atoms with Crippen LogP contribution in [0, 0.1) is 11.3 Å². The van der Waals surface area contributed by atoms with E-state index in [1.54, 1.807) is 55.5 Å². The van der Waals surface area contributed by atoms with Crippen LogP contribution in [-0.4, -0.2) is 22.9 Å². The molecule has 1 aliphatic rings. The average Bonchev–Trinajstić information content (AvgIpc) is 2.80. The normalized spacial score (nSPS) is 17.3. The molecule has 0 spiro atoms. The summed E-state index contributed by atoms with van der Waals surface area (Å²) in [4.78, 5) is 27.8. The summed E-state index contributed by atoms with van der Waals surface area (Å²) in [6, 6.07) is 14.7. The minimum Gasteiger partial charge on any atom is -0.282 e. The fourth-order valence-electron chi connectivity index (χ4n) is 2.67. The number of nitriles is 1. The molecule has 0 N–H and O–H groups in total. The fourth-order valence-corrected chi connectivity index (χ4v) is 2.80. The number of hydrogen-bond acceptors (Lipinski definition) is 3. The summed E-state index contributed by atoms with van der Waals surface area (Å²) in [6.45, 7) is 1.88. The van der Waals surface area contributed by atoms with Gasteiger partial charge in [0.15, 0.2) is 0 Å². The van der Waals surface area contributed by atoms with Gasteiger partial charge in [-0.15, -0.1) is 0 Å². The summed E-state index contributed by atoms with van der Waals surface area (Å²) in [7, 11) is 0. The second-order valence-corrected chi connectivity index (χ2v) is 5.97. The Morgan fingerprint density at radius 2 is 1.71 bits per heavy atom. The highest BCUT2D eigenvalue weighted by molar-refractivity contribution is 6.30. The predicted octanol–water partition coefficient (Wildman–Crippen LogP) is 3.57. The van der Waals surface area contributed by atoms with Crippen LogP contribution < -0.4 is 4.90 Å². The molecule has 2 aromatic rings. The fraction of sp³-hybridized carbons (Fsp3) is 0.167. The third-order valence-electron chi connectivity index (χ3n) is 3.98. The molecule has 120 valence electrons. The molecule has 0 radical (unpaired) electrons. The summed E-state index contributed by atoms with van der Waals surface area (Å²) >= 11 is 5.88. The number of anilines is 1. The Kier molecular flexibility index (Phi) is 4.24. The minimum absolute atomic E-state index is 0.178. The van der Waals surface area contributed by atoms with E-state index in [0.717, 1.165) is 5.56 Å². The molecule has 0 bridgehead atoms. The van der Waals surface area contributed by atoms with Crippen LogP contribution >= 0.6 is 11.6 Å². The van der Waals surface area contributed by atoms with Gasteiger partial charge < -0.3 is 0 Å². The molecule has 1 heterocycles. The number of hydrogen-bond donors (Lipinski definition) is 0. The Balaban J connectivity index is 1.84. The van der Waals surface area contributed by atoms with Crippen molar-refractivity contribution in [3.8, 4) is 6.07 Å². The zero-order chi connectivity index (χ0) is 17.3. The highest BCUT2D eigenvalue weighted by atomic mass is 35.5. The molecule has 0 unspecified atom stereocenters. The number of benzene rings is 2. The summed E-state index contributed by atoms with van der Waals surface area (Å²) in [5, 5.41) is 9.40. The van der Waals surface area contributed by atoms with Gasteiger partial charge in [0.1, 0.15) is 6.04 Å². The molecule has 1 atom stereocenters. The van der Waals surface area contributed by atoms with E-state index in [1.165, 1.54) is 9.80 Å². The quantitative estimate of drug-likeness (QED) is 0.803. The van der Waals surface area contributed by atoms with Gasteiger partial charge in [-0.3, -0.25) is 14.6 Å². The molecule has 0 aromatic heterocycles. The molecule has 0 saturated carbocycles.